The van der Waals surface area contributed by atoms with Gasteiger partial charge in [-0.05, 0) is 12.1 Å². The van der Waals surface area contributed by atoms with E-state index in [9.17, 15) is 25.2 Å². The van der Waals surface area contributed by atoms with Crippen LogP contribution in [0.4, 0.5) is 11.8 Å². The number of ether oxygens (including phenoxy) is 4. The summed E-state index contributed by atoms with van der Waals surface area (Å²) in [5.74, 6) is 1.81. The molecule has 250 valence electrons. The Kier molecular flexibility index (Phi) is 10.1. The maximum atomic E-state index is 12.7. The molecule has 5 atom stereocenters. The highest BCUT2D eigenvalue weighted by Gasteiger charge is 2.44. The second kappa shape index (κ2) is 14.4. The van der Waals surface area contributed by atoms with Gasteiger partial charge >= 0.3 is 0 Å². The Morgan fingerprint density at radius 1 is 1.06 bits per heavy atom. The molecule has 4 N–H and O–H groups in total. The van der Waals surface area contributed by atoms with Gasteiger partial charge in [0.2, 0.25) is 11.8 Å². The highest BCUT2D eigenvalue weighted by atomic mass is 32.1. The van der Waals surface area contributed by atoms with Gasteiger partial charge in [-0.1, -0.05) is 0 Å². The fourth-order valence-electron chi connectivity index (χ4n) is 5.21. The Hall–Kier alpha value is -3.94. The maximum Gasteiger partial charge on any atom is 0.225 e. The molecule has 0 radical (unpaired) electrons. The number of carbonyl (C=O) groups excluding carboxylic acids is 1. The van der Waals surface area contributed by atoms with Crippen LogP contribution in [-0.4, -0.2) is 136 Å². The SMILES string of the molecule is COc1ccc(-c2nc(N3CCOCC3)c3sc(CN(C)c4ncc(C(=O)CO[C@@H]5O[C@H](CO)[C@H](O)[C@H](O)[C@H]5O)cn4)cc3n2)cn1. The predicted molar refractivity (Wildman–Crippen MR) is 168 cm³/mol. The largest absolute Gasteiger partial charge is 0.481 e. The number of carbonyl (C=O) groups is 1. The van der Waals surface area contributed by atoms with Gasteiger partial charge in [-0.25, -0.2) is 24.9 Å². The van der Waals surface area contributed by atoms with E-state index in [1.165, 1.54) is 12.4 Å². The summed E-state index contributed by atoms with van der Waals surface area (Å²) in [4.78, 5) is 40.6. The summed E-state index contributed by atoms with van der Waals surface area (Å²) in [5, 5.41) is 39.3. The van der Waals surface area contributed by atoms with Crippen LogP contribution in [0.2, 0.25) is 0 Å². The molecule has 6 rings (SSSR count). The Bertz CT molecular complexity index is 1670. The number of aromatic nitrogens is 5. The first-order chi connectivity index (χ1) is 22.7. The van der Waals surface area contributed by atoms with Crippen LogP contribution in [0.5, 0.6) is 5.88 Å². The molecule has 0 unspecified atom stereocenters. The predicted octanol–water partition coefficient (Wildman–Crippen LogP) is 0.0241. The number of morpholine rings is 1. The lowest BCUT2D eigenvalue weighted by Crippen LogP contribution is -2.59. The van der Waals surface area contributed by atoms with Gasteiger partial charge in [0.05, 0.1) is 49.3 Å². The van der Waals surface area contributed by atoms with Gasteiger partial charge < -0.3 is 49.2 Å². The van der Waals surface area contributed by atoms with E-state index in [1.807, 2.05) is 24.1 Å². The van der Waals surface area contributed by atoms with Crippen molar-refractivity contribution in [2.24, 2.45) is 0 Å². The minimum absolute atomic E-state index is 0.166. The van der Waals surface area contributed by atoms with Gasteiger partial charge in [0, 0.05) is 55.2 Å². The standard InChI is InChI=1S/C30H35N7O9S/c1-36(30-32-11-17(12-33-30)20(39)15-45-29-25(42)24(41)23(40)21(14-38)46-29)13-18-9-19-26(47-18)28(37-5-7-44-8-6-37)35-27(34-19)16-3-4-22(43-2)31-10-16/h3-4,9-12,21,23-25,29,38,40-42H,5-8,13-15H2,1-2H3/t21-,23+,24+,25-,29-/m1/s1. The third-order valence-corrected chi connectivity index (χ3v) is 8.95. The van der Waals surface area contributed by atoms with E-state index < -0.39 is 49.7 Å². The lowest BCUT2D eigenvalue weighted by molar-refractivity contribution is -0.298. The summed E-state index contributed by atoms with van der Waals surface area (Å²) >= 11 is 1.59. The van der Waals surface area contributed by atoms with E-state index in [0.29, 0.717) is 50.5 Å². The van der Waals surface area contributed by atoms with Crippen LogP contribution >= 0.6 is 11.3 Å². The van der Waals surface area contributed by atoms with E-state index in [2.05, 4.69) is 19.9 Å². The summed E-state index contributed by atoms with van der Waals surface area (Å²) in [7, 11) is 3.41. The number of aliphatic hydroxyl groups excluding tert-OH is 4. The molecule has 2 saturated heterocycles. The molecule has 0 saturated carbocycles. The lowest BCUT2D eigenvalue weighted by Gasteiger charge is -2.39. The number of anilines is 2. The number of rotatable bonds is 11. The summed E-state index contributed by atoms with van der Waals surface area (Å²) in [6.45, 7) is 2.01. The molecular weight excluding hydrogens is 634 g/mol. The molecule has 2 aliphatic heterocycles. The number of hydrogen-bond donors (Lipinski definition) is 4. The quantitative estimate of drug-likeness (QED) is 0.155. The topological polar surface area (TPSA) is 206 Å². The van der Waals surface area contributed by atoms with Crippen LogP contribution < -0.4 is 14.5 Å². The molecule has 6 heterocycles. The lowest BCUT2D eigenvalue weighted by atomic mass is 9.99. The third-order valence-electron chi connectivity index (χ3n) is 7.84. The van der Waals surface area contributed by atoms with Crippen LogP contribution in [0.3, 0.4) is 0 Å². The van der Waals surface area contributed by atoms with Crippen molar-refractivity contribution >= 4 is 39.1 Å². The van der Waals surface area contributed by atoms with Gasteiger partial charge in [0.1, 0.15) is 31.0 Å². The van der Waals surface area contributed by atoms with Crippen molar-refractivity contribution in [1.82, 2.24) is 24.9 Å². The van der Waals surface area contributed by atoms with Crippen molar-refractivity contribution in [3.05, 3.63) is 47.2 Å². The zero-order valence-electron chi connectivity index (χ0n) is 25.7. The molecule has 0 bridgehead atoms. The van der Waals surface area contributed by atoms with E-state index >= 15 is 0 Å². The number of pyridine rings is 1. The van der Waals surface area contributed by atoms with Crippen molar-refractivity contribution in [1.29, 1.82) is 0 Å². The van der Waals surface area contributed by atoms with Crippen molar-refractivity contribution < 1.29 is 44.2 Å². The molecule has 2 aliphatic rings. The number of nitrogens with zero attached hydrogens (tertiary/aromatic N) is 7. The van der Waals surface area contributed by atoms with E-state index in [0.717, 1.165) is 26.5 Å². The van der Waals surface area contributed by atoms with Crippen molar-refractivity contribution in [2.45, 2.75) is 37.3 Å². The molecule has 4 aromatic heterocycles. The monoisotopic (exact) mass is 669 g/mol. The van der Waals surface area contributed by atoms with E-state index in [4.69, 9.17) is 28.9 Å². The van der Waals surface area contributed by atoms with Crippen LogP contribution in [0.15, 0.2) is 36.8 Å². The van der Waals surface area contributed by atoms with Crippen molar-refractivity contribution in [3.63, 3.8) is 0 Å². The van der Waals surface area contributed by atoms with Gasteiger partial charge in [0.15, 0.2) is 23.7 Å². The molecule has 17 heteroatoms. The number of aliphatic hydroxyl groups is 4. The summed E-state index contributed by atoms with van der Waals surface area (Å²) in [6.07, 6.45) is -2.85. The molecule has 0 amide bonds. The minimum Gasteiger partial charge on any atom is -0.481 e. The van der Waals surface area contributed by atoms with E-state index in [-0.39, 0.29) is 5.56 Å². The normalized spacial score (nSPS) is 23.2. The number of methoxy groups -OCH3 is 1. The van der Waals surface area contributed by atoms with Gasteiger partial charge in [0.25, 0.3) is 0 Å². The third kappa shape index (κ3) is 7.16. The zero-order valence-corrected chi connectivity index (χ0v) is 26.5. The van der Waals surface area contributed by atoms with Gasteiger partial charge in [-0.3, -0.25) is 4.79 Å². The number of fused-ring (bicyclic) bond motifs is 1. The average molecular weight is 670 g/mol. The summed E-state index contributed by atoms with van der Waals surface area (Å²) in [5.41, 5.74) is 1.75. The molecule has 0 spiro atoms. The first kappa shape index (κ1) is 33.0. The van der Waals surface area contributed by atoms with Gasteiger partial charge in [-0.15, -0.1) is 11.3 Å². The fraction of sp³-hybridized carbons (Fsp3) is 0.467. The van der Waals surface area contributed by atoms with Crippen LogP contribution in [0.1, 0.15) is 15.2 Å². The summed E-state index contributed by atoms with van der Waals surface area (Å²) in [6, 6.07) is 5.68. The molecule has 16 nitrogen and oxygen atoms in total. The Labute approximate surface area is 273 Å². The number of thiophene rings is 1. The number of ketones is 1. The van der Waals surface area contributed by atoms with Crippen molar-refractivity contribution in [2.75, 3.05) is 63.5 Å². The van der Waals surface area contributed by atoms with Crippen LogP contribution in [0, 0.1) is 0 Å². The van der Waals surface area contributed by atoms with E-state index in [1.54, 1.807) is 30.7 Å². The highest BCUT2D eigenvalue weighted by Crippen LogP contribution is 2.35. The molecule has 0 aliphatic carbocycles. The zero-order chi connectivity index (χ0) is 33.1. The average Bonchev–Trinajstić information content (AvgIpc) is 3.52. The van der Waals surface area contributed by atoms with Crippen molar-refractivity contribution in [3.8, 4) is 17.3 Å². The molecule has 47 heavy (non-hydrogen) atoms. The Balaban J connectivity index is 1.15. The molecule has 0 aromatic carbocycles. The maximum absolute atomic E-state index is 12.7. The Morgan fingerprint density at radius 3 is 2.51 bits per heavy atom. The smallest absolute Gasteiger partial charge is 0.225 e. The molecule has 4 aromatic rings. The van der Waals surface area contributed by atoms with Crippen LogP contribution in [-0.2, 0) is 20.8 Å². The number of Topliss-reactive ketones (excluding diaryl/α,β-unsaturated/α-hetero) is 1. The second-order valence-electron chi connectivity index (χ2n) is 11.0. The fourth-order valence-corrected chi connectivity index (χ4v) is 6.37. The second-order valence-corrected chi connectivity index (χ2v) is 12.2. The first-order valence-electron chi connectivity index (χ1n) is 14.9. The van der Waals surface area contributed by atoms with Gasteiger partial charge in [-0.2, -0.15) is 0 Å². The first-order valence-corrected chi connectivity index (χ1v) is 15.7. The highest BCUT2D eigenvalue weighted by molar-refractivity contribution is 7.19. The number of hydrogen-bond acceptors (Lipinski definition) is 17. The molecule has 2 fully saturated rings. The minimum atomic E-state index is -1.61. The van der Waals surface area contributed by atoms with Crippen LogP contribution in [0.25, 0.3) is 21.6 Å². The summed E-state index contributed by atoms with van der Waals surface area (Å²) < 4.78 is 22.4. The molecular formula is C30H35N7O9S. The Morgan fingerprint density at radius 2 is 1.83 bits per heavy atom.